The quantitative estimate of drug-likeness (QED) is 0.647. The van der Waals surface area contributed by atoms with E-state index in [1.807, 2.05) is 0 Å². The molecule has 1 aromatic heterocycles. The molecule has 8 heteroatoms. The molecule has 0 radical (unpaired) electrons. The molecule has 0 saturated carbocycles. The molecule has 0 fully saturated rings. The molecule has 0 atom stereocenters. The predicted octanol–water partition coefficient (Wildman–Crippen LogP) is 4.77. The number of rotatable bonds is 6. The molecule has 0 aliphatic heterocycles. The van der Waals surface area contributed by atoms with Gasteiger partial charge in [0.15, 0.2) is 0 Å². The monoisotopic (exact) mass is 374 g/mol. The molecule has 0 aliphatic carbocycles. The molecule has 0 spiro atoms. The molecule has 0 unspecified atom stereocenters. The zero-order valence-electron chi connectivity index (χ0n) is 14.1. The highest BCUT2D eigenvalue weighted by Gasteiger charge is 2.11. The predicted molar refractivity (Wildman–Crippen MR) is 99.6 cm³/mol. The van der Waals surface area contributed by atoms with Gasteiger partial charge in [-0.1, -0.05) is 11.6 Å². The maximum atomic E-state index is 13.0. The standard InChI is InChI=1S/C18H16ClFN4O2/c1-25-15-10-14(16(26-2)9-13(15)19)23-18-21-8-7-17(24-18)22-12-5-3-11(20)4-6-12/h3-10H,1-2H3,(H2,21,22,23,24). The Morgan fingerprint density at radius 3 is 2.38 bits per heavy atom. The number of ether oxygens (including phenoxy) is 2. The fourth-order valence-electron chi connectivity index (χ4n) is 2.25. The number of nitrogens with one attached hydrogen (secondary N) is 2. The van der Waals surface area contributed by atoms with Gasteiger partial charge in [-0.3, -0.25) is 0 Å². The number of hydrogen-bond acceptors (Lipinski definition) is 6. The Labute approximate surface area is 155 Å². The Morgan fingerprint density at radius 2 is 1.69 bits per heavy atom. The van der Waals surface area contributed by atoms with Crippen molar-refractivity contribution < 1.29 is 13.9 Å². The van der Waals surface area contributed by atoms with Gasteiger partial charge in [-0.25, -0.2) is 9.37 Å². The van der Waals surface area contributed by atoms with Crippen LogP contribution < -0.4 is 20.1 Å². The van der Waals surface area contributed by atoms with Crippen molar-refractivity contribution in [1.29, 1.82) is 0 Å². The van der Waals surface area contributed by atoms with Gasteiger partial charge in [-0.05, 0) is 30.3 Å². The van der Waals surface area contributed by atoms with E-state index in [0.717, 1.165) is 0 Å². The summed E-state index contributed by atoms with van der Waals surface area (Å²) in [5, 5.41) is 6.59. The minimum absolute atomic E-state index is 0.302. The van der Waals surface area contributed by atoms with E-state index in [2.05, 4.69) is 20.6 Å². The van der Waals surface area contributed by atoms with Crippen LogP contribution in [0.5, 0.6) is 11.5 Å². The third-order valence-electron chi connectivity index (χ3n) is 3.49. The SMILES string of the molecule is COc1cc(Nc2nccc(Nc3ccc(F)cc3)n2)c(OC)cc1Cl. The Hall–Kier alpha value is -3.06. The molecule has 0 aliphatic rings. The fourth-order valence-corrected chi connectivity index (χ4v) is 2.48. The highest BCUT2D eigenvalue weighted by molar-refractivity contribution is 6.32. The molecular formula is C18H16ClFN4O2. The Morgan fingerprint density at radius 1 is 0.962 bits per heavy atom. The Balaban J connectivity index is 1.83. The smallest absolute Gasteiger partial charge is 0.229 e. The van der Waals surface area contributed by atoms with Crippen molar-refractivity contribution in [3.05, 3.63) is 59.5 Å². The number of aromatic nitrogens is 2. The van der Waals surface area contributed by atoms with Gasteiger partial charge in [0.2, 0.25) is 5.95 Å². The summed E-state index contributed by atoms with van der Waals surface area (Å²) in [7, 11) is 3.07. The molecule has 134 valence electrons. The van der Waals surface area contributed by atoms with Crippen LogP contribution in [-0.4, -0.2) is 24.2 Å². The number of benzene rings is 2. The number of hydrogen-bond donors (Lipinski definition) is 2. The van der Waals surface area contributed by atoms with Crippen LogP contribution in [0.25, 0.3) is 0 Å². The van der Waals surface area contributed by atoms with Gasteiger partial charge in [0, 0.05) is 24.0 Å². The van der Waals surface area contributed by atoms with Crippen LogP contribution in [0.2, 0.25) is 5.02 Å². The molecule has 3 aromatic rings. The second-order valence-corrected chi connectivity index (χ2v) is 5.62. The first-order valence-corrected chi connectivity index (χ1v) is 8.01. The van der Waals surface area contributed by atoms with E-state index in [1.165, 1.54) is 26.4 Å². The summed E-state index contributed by atoms with van der Waals surface area (Å²) in [6.07, 6.45) is 1.60. The molecule has 3 rings (SSSR count). The summed E-state index contributed by atoms with van der Waals surface area (Å²) >= 11 is 6.11. The minimum Gasteiger partial charge on any atom is -0.495 e. The average molecular weight is 375 g/mol. The van der Waals surface area contributed by atoms with Crippen LogP contribution >= 0.6 is 11.6 Å². The first-order valence-electron chi connectivity index (χ1n) is 7.63. The van der Waals surface area contributed by atoms with Crippen molar-refractivity contribution in [2.75, 3.05) is 24.9 Å². The average Bonchev–Trinajstić information content (AvgIpc) is 2.65. The maximum Gasteiger partial charge on any atom is 0.229 e. The first-order chi connectivity index (χ1) is 12.6. The molecule has 6 nitrogen and oxygen atoms in total. The lowest BCUT2D eigenvalue weighted by atomic mass is 10.2. The van der Waals surface area contributed by atoms with Crippen molar-refractivity contribution in [2.45, 2.75) is 0 Å². The van der Waals surface area contributed by atoms with Gasteiger partial charge in [-0.15, -0.1) is 0 Å². The number of anilines is 4. The van der Waals surface area contributed by atoms with Crippen molar-refractivity contribution in [1.82, 2.24) is 9.97 Å². The van der Waals surface area contributed by atoms with Gasteiger partial charge in [0.25, 0.3) is 0 Å². The van der Waals surface area contributed by atoms with Crippen LogP contribution in [0.15, 0.2) is 48.7 Å². The van der Waals surface area contributed by atoms with E-state index in [1.54, 1.807) is 36.5 Å². The summed E-state index contributed by atoms with van der Waals surface area (Å²) in [5.41, 5.74) is 1.31. The van der Waals surface area contributed by atoms with Crippen molar-refractivity contribution in [3.8, 4) is 11.5 Å². The third kappa shape index (κ3) is 4.12. The molecular weight excluding hydrogens is 359 g/mol. The summed E-state index contributed by atoms with van der Waals surface area (Å²) in [5.74, 6) is 1.62. The lowest BCUT2D eigenvalue weighted by molar-refractivity contribution is 0.405. The van der Waals surface area contributed by atoms with Crippen molar-refractivity contribution >= 4 is 34.7 Å². The highest BCUT2D eigenvalue weighted by atomic mass is 35.5. The molecule has 0 saturated heterocycles. The van der Waals surface area contributed by atoms with Crippen molar-refractivity contribution in [3.63, 3.8) is 0 Å². The van der Waals surface area contributed by atoms with Crippen LogP contribution in [0, 0.1) is 5.82 Å². The summed E-state index contributed by atoms with van der Waals surface area (Å²) in [6.45, 7) is 0. The first kappa shape index (κ1) is 17.8. The number of methoxy groups -OCH3 is 2. The summed E-state index contributed by atoms with van der Waals surface area (Å²) in [6, 6.07) is 11.0. The van der Waals surface area contributed by atoms with Crippen LogP contribution in [0.3, 0.4) is 0 Å². The van der Waals surface area contributed by atoms with E-state index < -0.39 is 0 Å². The van der Waals surface area contributed by atoms with Crippen LogP contribution in [0.1, 0.15) is 0 Å². The van der Waals surface area contributed by atoms with Gasteiger partial charge < -0.3 is 20.1 Å². The molecule has 2 N–H and O–H groups in total. The Bertz CT molecular complexity index is 906. The molecule has 0 amide bonds. The van der Waals surface area contributed by atoms with E-state index in [0.29, 0.717) is 39.7 Å². The highest BCUT2D eigenvalue weighted by Crippen LogP contribution is 2.36. The second-order valence-electron chi connectivity index (χ2n) is 5.21. The normalized spacial score (nSPS) is 10.3. The molecule has 26 heavy (non-hydrogen) atoms. The van der Waals surface area contributed by atoms with E-state index in [9.17, 15) is 4.39 Å². The number of halogens is 2. The topological polar surface area (TPSA) is 68.3 Å². The summed E-state index contributed by atoms with van der Waals surface area (Å²) in [4.78, 5) is 8.57. The molecule has 0 bridgehead atoms. The van der Waals surface area contributed by atoms with Gasteiger partial charge in [-0.2, -0.15) is 4.98 Å². The lowest BCUT2D eigenvalue weighted by Gasteiger charge is -2.13. The largest absolute Gasteiger partial charge is 0.495 e. The van der Waals surface area contributed by atoms with Crippen LogP contribution in [0.4, 0.5) is 27.5 Å². The zero-order chi connectivity index (χ0) is 18.5. The van der Waals surface area contributed by atoms with E-state index in [-0.39, 0.29) is 5.82 Å². The van der Waals surface area contributed by atoms with Crippen LogP contribution in [-0.2, 0) is 0 Å². The maximum absolute atomic E-state index is 13.0. The lowest BCUT2D eigenvalue weighted by Crippen LogP contribution is -2.02. The molecule has 1 heterocycles. The van der Waals surface area contributed by atoms with Crippen molar-refractivity contribution in [2.24, 2.45) is 0 Å². The fraction of sp³-hybridized carbons (Fsp3) is 0.111. The second kappa shape index (κ2) is 7.88. The molecule has 2 aromatic carbocycles. The zero-order valence-corrected chi connectivity index (χ0v) is 14.8. The third-order valence-corrected chi connectivity index (χ3v) is 3.79. The summed E-state index contributed by atoms with van der Waals surface area (Å²) < 4.78 is 23.5. The van der Waals surface area contributed by atoms with E-state index in [4.69, 9.17) is 21.1 Å². The van der Waals surface area contributed by atoms with Gasteiger partial charge >= 0.3 is 0 Å². The van der Waals surface area contributed by atoms with Gasteiger partial charge in [0.1, 0.15) is 23.1 Å². The van der Waals surface area contributed by atoms with E-state index >= 15 is 0 Å². The number of nitrogens with zero attached hydrogens (tertiary/aromatic N) is 2. The minimum atomic E-state index is -0.302. The van der Waals surface area contributed by atoms with Gasteiger partial charge in [0.05, 0.1) is 24.9 Å². The Kier molecular flexibility index (Phi) is 5.38.